The van der Waals surface area contributed by atoms with Crippen molar-refractivity contribution in [1.82, 2.24) is 9.97 Å². The Morgan fingerprint density at radius 1 is 0.952 bits per heavy atom. The van der Waals surface area contributed by atoms with Crippen LogP contribution in [0.15, 0.2) is 48.8 Å². The highest BCUT2D eigenvalue weighted by atomic mass is 14.7. The number of aryl methyl sites for hydroxylation is 1. The molecule has 0 atom stereocenters. The minimum Gasteiger partial charge on any atom is -0.264 e. The van der Waals surface area contributed by atoms with Crippen LogP contribution in [0.4, 0.5) is 0 Å². The summed E-state index contributed by atoms with van der Waals surface area (Å²) in [6.45, 7) is 8.87. The van der Waals surface area contributed by atoms with Crippen molar-refractivity contribution in [3.8, 4) is 11.3 Å². The highest BCUT2D eigenvalue weighted by Gasteiger charge is 2.15. The highest BCUT2D eigenvalue weighted by Crippen LogP contribution is 2.29. The molecule has 0 amide bonds. The molecule has 21 heavy (non-hydrogen) atoms. The monoisotopic (exact) mass is 276 g/mol. The van der Waals surface area contributed by atoms with Gasteiger partial charge in [0.1, 0.15) is 0 Å². The standard InChI is InChI=1S/C19H20N2/c1-13-9-15(11-16(10-13)19(2,3)4)17-6-5-14-12-20-8-7-18(14)21-17/h5-12H,1-4H3. The zero-order valence-corrected chi connectivity index (χ0v) is 13.0. The molecule has 3 rings (SSSR count). The van der Waals surface area contributed by atoms with Crippen LogP contribution in [-0.2, 0) is 5.41 Å². The van der Waals surface area contributed by atoms with Crippen molar-refractivity contribution in [2.75, 3.05) is 0 Å². The van der Waals surface area contributed by atoms with Crippen LogP contribution in [0.5, 0.6) is 0 Å². The van der Waals surface area contributed by atoms with Crippen molar-refractivity contribution in [3.05, 3.63) is 59.9 Å². The molecule has 3 aromatic rings. The van der Waals surface area contributed by atoms with Gasteiger partial charge in [-0.15, -0.1) is 0 Å². The maximum atomic E-state index is 4.77. The lowest BCUT2D eigenvalue weighted by molar-refractivity contribution is 0.590. The topological polar surface area (TPSA) is 25.8 Å². The molecule has 0 fully saturated rings. The molecule has 0 spiro atoms. The number of benzene rings is 1. The van der Waals surface area contributed by atoms with E-state index in [9.17, 15) is 0 Å². The Kier molecular flexibility index (Phi) is 3.25. The van der Waals surface area contributed by atoms with Crippen molar-refractivity contribution in [3.63, 3.8) is 0 Å². The molecule has 0 aliphatic rings. The van der Waals surface area contributed by atoms with E-state index in [0.717, 1.165) is 16.6 Å². The third-order valence-corrected chi connectivity index (χ3v) is 3.73. The van der Waals surface area contributed by atoms with E-state index >= 15 is 0 Å². The summed E-state index contributed by atoms with van der Waals surface area (Å²) in [6, 6.07) is 12.8. The summed E-state index contributed by atoms with van der Waals surface area (Å²) in [5.41, 5.74) is 5.94. The van der Waals surface area contributed by atoms with Gasteiger partial charge in [0.25, 0.3) is 0 Å². The predicted molar refractivity (Wildman–Crippen MR) is 88.4 cm³/mol. The van der Waals surface area contributed by atoms with Crippen molar-refractivity contribution in [2.24, 2.45) is 0 Å². The average Bonchev–Trinajstić information content (AvgIpc) is 2.45. The molecule has 0 aliphatic carbocycles. The van der Waals surface area contributed by atoms with Gasteiger partial charge < -0.3 is 0 Å². The fourth-order valence-corrected chi connectivity index (χ4v) is 2.49. The summed E-state index contributed by atoms with van der Waals surface area (Å²) in [5.74, 6) is 0. The number of rotatable bonds is 1. The summed E-state index contributed by atoms with van der Waals surface area (Å²) in [6.07, 6.45) is 3.64. The van der Waals surface area contributed by atoms with E-state index in [2.05, 4.69) is 63.0 Å². The summed E-state index contributed by atoms with van der Waals surface area (Å²) >= 11 is 0. The molecule has 0 bridgehead atoms. The second kappa shape index (κ2) is 4.96. The van der Waals surface area contributed by atoms with Crippen molar-refractivity contribution in [1.29, 1.82) is 0 Å². The number of hydrogen-bond acceptors (Lipinski definition) is 2. The number of hydrogen-bond donors (Lipinski definition) is 0. The van der Waals surface area contributed by atoms with E-state index in [-0.39, 0.29) is 5.41 Å². The Bertz CT molecular complexity index is 798. The van der Waals surface area contributed by atoms with Gasteiger partial charge in [0, 0.05) is 23.3 Å². The molecule has 2 nitrogen and oxygen atoms in total. The molecular weight excluding hydrogens is 256 g/mol. The van der Waals surface area contributed by atoms with E-state index in [1.807, 2.05) is 12.3 Å². The molecule has 2 heterocycles. The minimum absolute atomic E-state index is 0.140. The summed E-state index contributed by atoms with van der Waals surface area (Å²) in [5, 5.41) is 1.07. The van der Waals surface area contributed by atoms with Gasteiger partial charge in [-0.2, -0.15) is 0 Å². The van der Waals surface area contributed by atoms with Crippen LogP contribution >= 0.6 is 0 Å². The summed E-state index contributed by atoms with van der Waals surface area (Å²) in [7, 11) is 0. The van der Waals surface area contributed by atoms with E-state index in [1.54, 1.807) is 6.20 Å². The zero-order valence-electron chi connectivity index (χ0n) is 13.0. The first-order valence-electron chi connectivity index (χ1n) is 7.27. The summed E-state index contributed by atoms with van der Waals surface area (Å²) in [4.78, 5) is 8.91. The molecule has 0 radical (unpaired) electrons. The van der Waals surface area contributed by atoms with Gasteiger partial charge in [0.2, 0.25) is 0 Å². The number of nitrogens with zero attached hydrogens (tertiary/aromatic N) is 2. The molecule has 0 N–H and O–H groups in total. The van der Waals surface area contributed by atoms with E-state index in [1.165, 1.54) is 16.7 Å². The molecule has 0 unspecified atom stereocenters. The second-order valence-electron chi connectivity index (χ2n) is 6.60. The van der Waals surface area contributed by atoms with Gasteiger partial charge in [-0.1, -0.05) is 32.4 Å². The predicted octanol–water partition coefficient (Wildman–Crippen LogP) is 4.90. The largest absolute Gasteiger partial charge is 0.264 e. The molecule has 2 aromatic heterocycles. The Labute approximate surface area is 125 Å². The Morgan fingerprint density at radius 2 is 1.76 bits per heavy atom. The van der Waals surface area contributed by atoms with Gasteiger partial charge in [-0.25, -0.2) is 4.98 Å². The minimum atomic E-state index is 0.140. The first-order chi connectivity index (χ1) is 9.93. The fraction of sp³-hybridized carbons (Fsp3) is 0.263. The van der Waals surface area contributed by atoms with Crippen LogP contribution < -0.4 is 0 Å². The molecule has 2 heteroatoms. The van der Waals surface area contributed by atoms with Gasteiger partial charge in [0.15, 0.2) is 0 Å². The van der Waals surface area contributed by atoms with Crippen molar-refractivity contribution in [2.45, 2.75) is 33.1 Å². The van der Waals surface area contributed by atoms with Crippen molar-refractivity contribution < 1.29 is 0 Å². The molecule has 1 aromatic carbocycles. The van der Waals surface area contributed by atoms with Gasteiger partial charge in [-0.3, -0.25) is 4.98 Å². The van der Waals surface area contributed by atoms with Gasteiger partial charge in [0.05, 0.1) is 11.2 Å². The first-order valence-corrected chi connectivity index (χ1v) is 7.27. The number of fused-ring (bicyclic) bond motifs is 1. The number of aromatic nitrogens is 2. The van der Waals surface area contributed by atoms with Crippen LogP contribution in [-0.4, -0.2) is 9.97 Å². The Hall–Kier alpha value is -2.22. The molecule has 0 saturated heterocycles. The summed E-state index contributed by atoms with van der Waals surface area (Å²) < 4.78 is 0. The van der Waals surface area contributed by atoms with Crippen LogP contribution in [0.25, 0.3) is 22.2 Å². The van der Waals surface area contributed by atoms with Crippen LogP contribution in [0, 0.1) is 6.92 Å². The zero-order chi connectivity index (χ0) is 15.0. The van der Waals surface area contributed by atoms with Crippen LogP contribution in [0.2, 0.25) is 0 Å². The maximum Gasteiger partial charge on any atom is 0.0740 e. The molecule has 106 valence electrons. The molecular formula is C19H20N2. The first kappa shape index (κ1) is 13.7. The normalized spacial score (nSPS) is 11.8. The molecule has 0 aliphatic heterocycles. The lowest BCUT2D eigenvalue weighted by atomic mass is 9.85. The fourth-order valence-electron chi connectivity index (χ4n) is 2.49. The van der Waals surface area contributed by atoms with Crippen molar-refractivity contribution >= 4 is 10.9 Å². The van der Waals surface area contributed by atoms with E-state index in [4.69, 9.17) is 4.98 Å². The van der Waals surface area contributed by atoms with Gasteiger partial charge in [-0.05, 0) is 48.2 Å². The van der Waals surface area contributed by atoms with E-state index in [0.29, 0.717) is 0 Å². The lowest BCUT2D eigenvalue weighted by Crippen LogP contribution is -2.11. The van der Waals surface area contributed by atoms with Crippen LogP contribution in [0.1, 0.15) is 31.9 Å². The quantitative estimate of drug-likeness (QED) is 0.631. The Balaban J connectivity index is 2.16. The maximum absolute atomic E-state index is 4.77. The lowest BCUT2D eigenvalue weighted by Gasteiger charge is -2.20. The third kappa shape index (κ3) is 2.80. The highest BCUT2D eigenvalue weighted by molar-refractivity contribution is 5.80. The van der Waals surface area contributed by atoms with Gasteiger partial charge >= 0.3 is 0 Å². The Morgan fingerprint density at radius 3 is 2.52 bits per heavy atom. The molecule has 0 saturated carbocycles. The SMILES string of the molecule is Cc1cc(-c2ccc3cnccc3n2)cc(C(C)(C)C)c1. The average molecular weight is 276 g/mol. The number of pyridine rings is 2. The van der Waals surface area contributed by atoms with E-state index < -0.39 is 0 Å². The second-order valence-corrected chi connectivity index (χ2v) is 6.60. The smallest absolute Gasteiger partial charge is 0.0740 e. The third-order valence-electron chi connectivity index (χ3n) is 3.73. The van der Waals surface area contributed by atoms with Crippen LogP contribution in [0.3, 0.4) is 0 Å².